The molecule has 0 aliphatic carbocycles. The van der Waals surface area contributed by atoms with Crippen molar-refractivity contribution in [2.24, 2.45) is 5.73 Å². The predicted octanol–water partition coefficient (Wildman–Crippen LogP) is 3.01. The predicted molar refractivity (Wildman–Crippen MR) is 64.0 cm³/mol. The molecule has 2 N–H and O–H groups in total. The highest BCUT2D eigenvalue weighted by molar-refractivity contribution is 7.16. The number of hydrogen-bond donors (Lipinski definition) is 1. The van der Waals surface area contributed by atoms with Crippen LogP contribution in [0.2, 0.25) is 4.34 Å². The van der Waals surface area contributed by atoms with Gasteiger partial charge in [0.2, 0.25) is 0 Å². The van der Waals surface area contributed by atoms with Crippen LogP contribution in [0.4, 0.5) is 0 Å². The number of thiophene rings is 1. The molecule has 1 rings (SSSR count). The Bertz CT molecular complexity index is 376. The summed E-state index contributed by atoms with van der Waals surface area (Å²) in [5.41, 5.74) is 6.34. The van der Waals surface area contributed by atoms with Crippen molar-refractivity contribution in [3.8, 4) is 11.8 Å². The maximum absolute atomic E-state index is 6.06. The van der Waals surface area contributed by atoms with E-state index in [9.17, 15) is 0 Å². The Morgan fingerprint density at radius 1 is 1.50 bits per heavy atom. The Morgan fingerprint density at radius 2 is 2.14 bits per heavy atom. The van der Waals surface area contributed by atoms with E-state index in [1.807, 2.05) is 0 Å². The third-order valence-electron chi connectivity index (χ3n) is 1.75. The molecule has 0 aromatic carbocycles. The van der Waals surface area contributed by atoms with Crippen LogP contribution in [0, 0.1) is 11.8 Å². The van der Waals surface area contributed by atoms with E-state index in [4.69, 9.17) is 17.3 Å². The number of rotatable bonds is 0. The van der Waals surface area contributed by atoms with Gasteiger partial charge in [0.1, 0.15) is 4.34 Å². The summed E-state index contributed by atoms with van der Waals surface area (Å²) in [5, 5.41) is 0. The van der Waals surface area contributed by atoms with Crippen LogP contribution in [0.5, 0.6) is 0 Å². The summed E-state index contributed by atoms with van der Waals surface area (Å²) in [5.74, 6) is 5.78. The molecule has 0 radical (unpaired) electrons. The molecule has 0 unspecified atom stereocenters. The quantitative estimate of drug-likeness (QED) is 0.678. The summed E-state index contributed by atoms with van der Waals surface area (Å²) in [6.07, 6.45) is 0. The van der Waals surface area contributed by atoms with Gasteiger partial charge in [-0.2, -0.15) is 0 Å². The lowest BCUT2D eigenvalue weighted by atomic mass is 9.94. The fraction of sp³-hybridized carbons (Fsp3) is 0.455. The van der Waals surface area contributed by atoms with E-state index >= 15 is 0 Å². The van der Waals surface area contributed by atoms with Crippen molar-refractivity contribution in [2.75, 3.05) is 6.54 Å². The van der Waals surface area contributed by atoms with E-state index in [2.05, 4.69) is 38.7 Å². The minimum atomic E-state index is 0.136. The lowest BCUT2D eigenvalue weighted by Gasteiger charge is -2.14. The van der Waals surface area contributed by atoms with Crippen LogP contribution < -0.4 is 5.73 Å². The second-order valence-corrected chi connectivity index (χ2v) is 5.71. The monoisotopic (exact) mass is 227 g/mol. The molecule has 76 valence electrons. The fourth-order valence-corrected chi connectivity index (χ4v) is 2.22. The van der Waals surface area contributed by atoms with E-state index in [-0.39, 0.29) is 5.41 Å². The molecule has 14 heavy (non-hydrogen) atoms. The van der Waals surface area contributed by atoms with Gasteiger partial charge in [-0.3, -0.25) is 0 Å². The Labute approximate surface area is 94.3 Å². The lowest BCUT2D eigenvalue weighted by Crippen LogP contribution is -2.07. The third kappa shape index (κ3) is 2.75. The van der Waals surface area contributed by atoms with Crippen molar-refractivity contribution in [3.05, 3.63) is 20.8 Å². The molecule has 1 aromatic rings. The average Bonchev–Trinajstić information content (AvgIpc) is 2.43. The lowest BCUT2D eigenvalue weighted by molar-refractivity contribution is 0.604. The first-order chi connectivity index (χ1) is 6.45. The Morgan fingerprint density at radius 3 is 2.57 bits per heavy atom. The average molecular weight is 228 g/mol. The maximum Gasteiger partial charge on any atom is 0.109 e. The molecule has 0 aliphatic rings. The van der Waals surface area contributed by atoms with Gasteiger partial charge < -0.3 is 5.73 Å². The molecule has 0 amide bonds. The molecule has 0 bridgehead atoms. The van der Waals surface area contributed by atoms with E-state index < -0.39 is 0 Å². The highest BCUT2D eigenvalue weighted by atomic mass is 35.5. The van der Waals surface area contributed by atoms with Crippen molar-refractivity contribution < 1.29 is 0 Å². The van der Waals surface area contributed by atoms with E-state index in [1.165, 1.54) is 4.88 Å². The zero-order chi connectivity index (χ0) is 10.8. The Hall–Kier alpha value is -0.490. The molecular weight excluding hydrogens is 214 g/mol. The van der Waals surface area contributed by atoms with Gasteiger partial charge in [0.05, 0.1) is 12.1 Å². The Kier molecular flexibility index (Phi) is 3.60. The Balaban J connectivity index is 3.05. The van der Waals surface area contributed by atoms with Crippen molar-refractivity contribution >= 4 is 22.9 Å². The minimum absolute atomic E-state index is 0.136. The van der Waals surface area contributed by atoms with Crippen LogP contribution in [0.3, 0.4) is 0 Å². The normalized spacial score (nSPS) is 10.9. The fourth-order valence-electron chi connectivity index (χ4n) is 0.970. The minimum Gasteiger partial charge on any atom is -0.320 e. The van der Waals surface area contributed by atoms with E-state index in [0.717, 1.165) is 9.90 Å². The highest BCUT2D eigenvalue weighted by Crippen LogP contribution is 2.34. The molecule has 0 atom stereocenters. The molecule has 1 aromatic heterocycles. The summed E-state index contributed by atoms with van der Waals surface area (Å²) in [6.45, 7) is 6.86. The molecule has 0 spiro atoms. The van der Waals surface area contributed by atoms with Crippen molar-refractivity contribution in [1.82, 2.24) is 0 Å². The summed E-state index contributed by atoms with van der Waals surface area (Å²) in [6, 6.07) is 2.05. The summed E-state index contributed by atoms with van der Waals surface area (Å²) in [4.78, 5) is 1.25. The largest absolute Gasteiger partial charge is 0.320 e. The number of hydrogen-bond acceptors (Lipinski definition) is 2. The van der Waals surface area contributed by atoms with Crippen molar-refractivity contribution in [2.45, 2.75) is 26.2 Å². The summed E-state index contributed by atoms with van der Waals surface area (Å²) < 4.78 is 0.760. The first kappa shape index (κ1) is 11.6. The summed E-state index contributed by atoms with van der Waals surface area (Å²) in [7, 11) is 0. The van der Waals surface area contributed by atoms with Crippen molar-refractivity contribution in [3.63, 3.8) is 0 Å². The third-order valence-corrected chi connectivity index (χ3v) is 3.54. The van der Waals surface area contributed by atoms with E-state index in [0.29, 0.717) is 6.54 Å². The first-order valence-electron chi connectivity index (χ1n) is 4.44. The maximum atomic E-state index is 6.06. The zero-order valence-corrected chi connectivity index (χ0v) is 10.2. The molecule has 0 saturated carbocycles. The van der Waals surface area contributed by atoms with Gasteiger partial charge in [-0.15, -0.1) is 11.3 Å². The van der Waals surface area contributed by atoms with Gasteiger partial charge >= 0.3 is 0 Å². The van der Waals surface area contributed by atoms with Crippen molar-refractivity contribution in [1.29, 1.82) is 0 Å². The smallest absolute Gasteiger partial charge is 0.109 e. The molecular formula is C11H14ClNS. The van der Waals surface area contributed by atoms with Gasteiger partial charge in [0, 0.05) is 4.88 Å². The number of nitrogens with two attached hydrogens (primary N) is 1. The van der Waals surface area contributed by atoms with Crippen LogP contribution in [-0.2, 0) is 5.41 Å². The van der Waals surface area contributed by atoms with E-state index in [1.54, 1.807) is 11.3 Å². The van der Waals surface area contributed by atoms with Gasteiger partial charge in [-0.1, -0.05) is 44.2 Å². The SMILES string of the molecule is CC(C)(C)c1cc(C#CCN)c(Cl)s1. The van der Waals surface area contributed by atoms with Crippen LogP contribution in [0.25, 0.3) is 0 Å². The van der Waals surface area contributed by atoms with Crippen LogP contribution in [0.15, 0.2) is 6.07 Å². The van der Waals surface area contributed by atoms with Crippen LogP contribution in [0.1, 0.15) is 31.2 Å². The second-order valence-electron chi connectivity index (χ2n) is 4.05. The van der Waals surface area contributed by atoms with Gasteiger partial charge in [-0.25, -0.2) is 0 Å². The molecule has 1 nitrogen and oxygen atoms in total. The molecule has 0 saturated heterocycles. The zero-order valence-electron chi connectivity index (χ0n) is 8.65. The molecule has 0 aliphatic heterocycles. The number of halogens is 1. The van der Waals surface area contributed by atoms with Gasteiger partial charge in [0.15, 0.2) is 0 Å². The standard InChI is InChI=1S/C11H14ClNS/c1-11(2,3)9-7-8(5-4-6-13)10(12)14-9/h7H,6,13H2,1-3H3. The van der Waals surface area contributed by atoms with Gasteiger partial charge in [-0.05, 0) is 11.5 Å². The van der Waals surface area contributed by atoms with Crippen LogP contribution >= 0.6 is 22.9 Å². The first-order valence-corrected chi connectivity index (χ1v) is 5.63. The highest BCUT2D eigenvalue weighted by Gasteiger charge is 2.18. The molecule has 0 fully saturated rings. The van der Waals surface area contributed by atoms with Crippen LogP contribution in [-0.4, -0.2) is 6.54 Å². The molecule has 3 heteroatoms. The molecule has 1 heterocycles. The second kappa shape index (κ2) is 4.35. The summed E-state index contributed by atoms with van der Waals surface area (Å²) >= 11 is 7.66. The van der Waals surface area contributed by atoms with Gasteiger partial charge in [0.25, 0.3) is 0 Å². The topological polar surface area (TPSA) is 26.0 Å².